The number of thioether (sulfide) groups is 1. The normalized spacial score (nSPS) is 16.9. The molecule has 308 valence electrons. The van der Waals surface area contributed by atoms with Gasteiger partial charge in [-0.25, -0.2) is 14.3 Å². The molecule has 0 spiro atoms. The molecule has 2 atom stereocenters. The first kappa shape index (κ1) is 46.1. The summed E-state index contributed by atoms with van der Waals surface area (Å²) < 4.78 is 1.78. The van der Waals surface area contributed by atoms with Gasteiger partial charge in [0.25, 0.3) is 11.8 Å². The number of carbonyl (C=O) groups is 4. The van der Waals surface area contributed by atoms with E-state index in [4.69, 9.17) is 16.3 Å². The number of carbonyl (C=O) groups excluding carboxylic acids is 3. The number of nitrogens with one attached hydrogen (secondary N) is 1. The molecule has 56 heavy (non-hydrogen) atoms. The Morgan fingerprint density at radius 3 is 2.20 bits per heavy atom. The largest absolute Gasteiger partial charge is 0.543 e. The summed E-state index contributed by atoms with van der Waals surface area (Å²) in [4.78, 5) is 59.6. The lowest BCUT2D eigenvalue weighted by Crippen LogP contribution is -2.71. The van der Waals surface area contributed by atoms with Crippen molar-refractivity contribution >= 4 is 57.7 Å². The van der Waals surface area contributed by atoms with Gasteiger partial charge in [-0.1, -0.05) is 88.1 Å². The molecule has 0 saturated carbocycles. The van der Waals surface area contributed by atoms with E-state index in [1.807, 2.05) is 6.07 Å². The van der Waals surface area contributed by atoms with E-state index in [2.05, 4.69) is 34.5 Å². The maximum atomic E-state index is 13.1. The van der Waals surface area contributed by atoms with E-state index in [0.29, 0.717) is 11.3 Å². The summed E-state index contributed by atoms with van der Waals surface area (Å²) in [6, 6.07) is 4.36. The Labute approximate surface area is 338 Å². The molecule has 1 saturated heterocycles. The predicted molar refractivity (Wildman–Crippen MR) is 218 cm³/mol. The van der Waals surface area contributed by atoms with Crippen LogP contribution >= 0.6 is 23.1 Å². The molecule has 2 aliphatic rings. The van der Waals surface area contributed by atoms with Crippen LogP contribution < -0.4 is 26.5 Å². The summed E-state index contributed by atoms with van der Waals surface area (Å²) in [6.07, 6.45) is 27.4. The Bertz CT molecular complexity index is 1660. The smallest absolute Gasteiger partial charge is 0.350 e. The highest BCUT2D eigenvalue weighted by molar-refractivity contribution is 8.00. The molecule has 0 radical (unpaired) electrons. The first-order valence-electron chi connectivity index (χ1n) is 19.6. The van der Waals surface area contributed by atoms with E-state index in [0.717, 1.165) is 22.8 Å². The number of β-lactam (4-membered cyclic amide) rings is 1. The van der Waals surface area contributed by atoms with Gasteiger partial charge in [0, 0.05) is 28.8 Å². The standard InChI is InChI=1S/C22H22N6O7S2.C18H37N/c1-22(2,20(33)34)35-26-13(12-10-37-21(23)24-12)16(29)25-14-17(30)28-15(19(31)32)11(9-36-18(14)28)8-27-6-4-3-5-7-27;1-2-3-4-5-6-7-8-9-10-11-12-13-14-15-16-17-18-19/h3-7,10,14,18H,8-9H2,1-2H3,(H4-,23,24,25,29,31,32,33,34);9-10H,2-8,11-19H2,1H3/b26-13-;10-9-/t14-,18-;/m1./s1. The fourth-order valence-electron chi connectivity index (χ4n) is 5.95. The van der Waals surface area contributed by atoms with Gasteiger partial charge in [0.2, 0.25) is 5.60 Å². The van der Waals surface area contributed by atoms with Crippen LogP contribution in [0.4, 0.5) is 5.13 Å². The van der Waals surface area contributed by atoms with Gasteiger partial charge in [0.1, 0.15) is 17.1 Å². The molecule has 4 heterocycles. The van der Waals surface area contributed by atoms with Gasteiger partial charge < -0.3 is 36.6 Å². The molecule has 2 aliphatic heterocycles. The second kappa shape index (κ2) is 24.4. The number of rotatable bonds is 24. The summed E-state index contributed by atoms with van der Waals surface area (Å²) in [5.74, 6) is -4.01. The van der Waals surface area contributed by atoms with Gasteiger partial charge in [0.05, 0.1) is 11.7 Å². The molecule has 16 heteroatoms. The highest BCUT2D eigenvalue weighted by Gasteiger charge is 2.53. The van der Waals surface area contributed by atoms with Gasteiger partial charge in [-0.15, -0.1) is 23.1 Å². The second-order valence-electron chi connectivity index (χ2n) is 14.3. The lowest BCUT2D eigenvalue weighted by atomic mass is 10.0. The molecule has 14 nitrogen and oxygen atoms in total. The molecule has 2 aromatic rings. The number of oxime groups is 1. The van der Waals surface area contributed by atoms with Crippen LogP contribution in [0.1, 0.15) is 116 Å². The Morgan fingerprint density at radius 2 is 1.64 bits per heavy atom. The fourth-order valence-corrected chi connectivity index (χ4v) is 7.84. The van der Waals surface area contributed by atoms with Crippen LogP contribution in [0, 0.1) is 0 Å². The Morgan fingerprint density at radius 1 is 1.04 bits per heavy atom. The molecule has 0 bridgehead atoms. The molecular formula is C40H59N7O7S2. The van der Waals surface area contributed by atoms with Gasteiger partial charge in [-0.3, -0.25) is 14.5 Å². The van der Waals surface area contributed by atoms with Crippen LogP contribution in [0.15, 0.2) is 64.6 Å². The monoisotopic (exact) mass is 813 g/mol. The van der Waals surface area contributed by atoms with E-state index >= 15 is 0 Å². The summed E-state index contributed by atoms with van der Waals surface area (Å²) in [5.41, 5.74) is 9.30. The van der Waals surface area contributed by atoms with Crippen molar-refractivity contribution in [2.45, 2.75) is 134 Å². The summed E-state index contributed by atoms with van der Waals surface area (Å²) >= 11 is 2.32. The van der Waals surface area contributed by atoms with Crippen LogP contribution in [-0.2, 0) is 30.6 Å². The fraction of sp³-hybridized carbons (Fsp3) is 0.575. The zero-order chi connectivity index (χ0) is 40.9. The third-order valence-corrected chi connectivity index (χ3v) is 11.3. The topological polar surface area (TPSA) is 217 Å². The number of carboxylic acid groups (broad SMARTS) is 2. The number of hydrogen-bond donors (Lipinski definition) is 4. The highest BCUT2D eigenvalue weighted by Crippen LogP contribution is 2.40. The minimum atomic E-state index is -1.75. The lowest BCUT2D eigenvalue weighted by molar-refractivity contribution is -0.689. The van der Waals surface area contributed by atoms with Gasteiger partial charge in [-0.05, 0) is 52.5 Å². The van der Waals surface area contributed by atoms with Crippen LogP contribution in [0.2, 0.25) is 0 Å². The van der Waals surface area contributed by atoms with Crippen molar-refractivity contribution in [2.75, 3.05) is 18.0 Å². The molecule has 2 aromatic heterocycles. The molecular weight excluding hydrogens is 755 g/mol. The Balaban J connectivity index is 0.000000376. The number of thiazole rings is 1. The molecule has 2 amide bonds. The molecule has 4 rings (SSSR count). The quantitative estimate of drug-likeness (QED) is 0.0285. The first-order chi connectivity index (χ1) is 26.9. The van der Waals surface area contributed by atoms with E-state index < -0.39 is 40.8 Å². The lowest BCUT2D eigenvalue weighted by Gasteiger charge is -2.50. The molecule has 1 fully saturated rings. The SMILES string of the molecule is CC(C)(O/N=C(\C(=O)N[C@@H]1C(=O)N2C(C(=O)[O-])=C(C[n+]3ccccc3)CS[C@H]12)c1csc(N)n1)C(=O)O.CCCCCCCC/C=C\CCCCCCCCN. The van der Waals surface area contributed by atoms with E-state index in [1.165, 1.54) is 121 Å². The number of carboxylic acids is 2. The number of nitrogens with zero attached hydrogens (tertiary/aromatic N) is 4. The molecule has 0 aromatic carbocycles. The van der Waals surface area contributed by atoms with Crippen molar-refractivity contribution in [3.63, 3.8) is 0 Å². The molecule has 0 unspecified atom stereocenters. The van der Waals surface area contributed by atoms with Gasteiger partial charge >= 0.3 is 5.97 Å². The maximum Gasteiger partial charge on any atom is 0.350 e. The number of anilines is 1. The number of aliphatic carboxylic acids is 2. The number of amides is 2. The number of nitrogens with two attached hydrogens (primary N) is 2. The number of unbranched alkanes of at least 4 members (excludes halogenated alkanes) is 12. The average Bonchev–Trinajstić information content (AvgIpc) is 3.61. The Hall–Kier alpha value is -4.28. The summed E-state index contributed by atoms with van der Waals surface area (Å²) in [5, 5.41) is 28.4. The van der Waals surface area contributed by atoms with Crippen LogP contribution in [0.5, 0.6) is 0 Å². The van der Waals surface area contributed by atoms with Gasteiger partial charge in [-0.2, -0.15) is 0 Å². The molecule has 0 aliphatic carbocycles. The summed E-state index contributed by atoms with van der Waals surface area (Å²) in [6.45, 7) is 5.88. The maximum absolute atomic E-state index is 13.1. The average molecular weight is 814 g/mol. The zero-order valence-corrected chi connectivity index (χ0v) is 34.6. The second-order valence-corrected chi connectivity index (χ2v) is 16.3. The van der Waals surface area contributed by atoms with Crippen molar-refractivity contribution in [1.82, 2.24) is 15.2 Å². The minimum Gasteiger partial charge on any atom is -0.543 e. The van der Waals surface area contributed by atoms with E-state index in [9.17, 15) is 29.4 Å². The van der Waals surface area contributed by atoms with Crippen molar-refractivity contribution in [3.8, 4) is 0 Å². The third kappa shape index (κ3) is 14.7. The summed E-state index contributed by atoms with van der Waals surface area (Å²) in [7, 11) is 0. The van der Waals surface area contributed by atoms with Crippen molar-refractivity contribution < 1.29 is 38.8 Å². The minimum absolute atomic E-state index is 0.0265. The van der Waals surface area contributed by atoms with Crippen LogP contribution in [0.25, 0.3) is 0 Å². The zero-order valence-electron chi connectivity index (χ0n) is 33.0. The first-order valence-corrected chi connectivity index (χ1v) is 21.5. The number of fused-ring (bicyclic) bond motifs is 1. The predicted octanol–water partition coefficient (Wildman–Crippen LogP) is 4.68. The van der Waals surface area contributed by atoms with Crippen molar-refractivity contribution in [2.24, 2.45) is 10.9 Å². The number of nitrogen functional groups attached to an aromatic ring is 1. The number of allylic oxidation sites excluding steroid dienone is 2. The van der Waals surface area contributed by atoms with E-state index in [1.54, 1.807) is 29.1 Å². The number of hydrogen-bond acceptors (Lipinski definition) is 12. The third-order valence-electron chi connectivity index (χ3n) is 9.25. The van der Waals surface area contributed by atoms with Crippen LogP contribution in [-0.4, -0.2) is 73.8 Å². The molecule has 6 N–H and O–H groups in total. The van der Waals surface area contributed by atoms with Gasteiger partial charge in [0.15, 0.2) is 29.8 Å². The van der Waals surface area contributed by atoms with E-state index in [-0.39, 0.29) is 28.8 Å². The highest BCUT2D eigenvalue weighted by atomic mass is 32.2. The van der Waals surface area contributed by atoms with Crippen molar-refractivity contribution in [3.05, 3.63) is 65.1 Å². The Kier molecular flexibility index (Phi) is 20.1. The number of pyridine rings is 1. The van der Waals surface area contributed by atoms with Crippen LogP contribution in [0.3, 0.4) is 0 Å². The van der Waals surface area contributed by atoms with Crippen molar-refractivity contribution in [1.29, 1.82) is 0 Å². The number of aromatic nitrogens is 2.